The molecule has 0 aliphatic rings. The molecule has 0 unspecified atom stereocenters. The number of sulfonamides is 1. The summed E-state index contributed by atoms with van der Waals surface area (Å²) >= 11 is 1.19. The molecule has 7 nitrogen and oxygen atoms in total. The van der Waals surface area contributed by atoms with Crippen molar-refractivity contribution in [3.63, 3.8) is 0 Å². The normalized spacial score (nSPS) is 12.4. The average Bonchev–Trinajstić information content (AvgIpc) is 3.01. The Morgan fingerprint density at radius 1 is 1.15 bits per heavy atom. The molecule has 2 aromatic carbocycles. The first-order valence-corrected chi connectivity index (χ1v) is 10.3. The summed E-state index contributed by atoms with van der Waals surface area (Å²) in [5.74, 6) is -0.455. The summed E-state index contributed by atoms with van der Waals surface area (Å²) in [6.07, 6.45) is 0. The van der Waals surface area contributed by atoms with E-state index in [9.17, 15) is 13.2 Å². The molecule has 0 radical (unpaired) electrons. The molecule has 0 aliphatic carbocycles. The van der Waals surface area contributed by atoms with Crippen LogP contribution in [0, 0.1) is 0 Å². The van der Waals surface area contributed by atoms with E-state index < -0.39 is 16.0 Å². The van der Waals surface area contributed by atoms with Crippen LogP contribution in [0.4, 0.5) is 0 Å². The predicted octanol–water partition coefficient (Wildman–Crippen LogP) is 2.43. The van der Waals surface area contributed by atoms with Gasteiger partial charge in [-0.15, -0.1) is 4.40 Å². The molecule has 0 spiro atoms. The maximum absolute atomic E-state index is 12.6. The van der Waals surface area contributed by atoms with Gasteiger partial charge in [-0.1, -0.05) is 29.5 Å². The van der Waals surface area contributed by atoms with E-state index in [1.165, 1.54) is 30.6 Å². The van der Waals surface area contributed by atoms with Gasteiger partial charge in [0, 0.05) is 13.7 Å². The number of methoxy groups -OCH3 is 2. The van der Waals surface area contributed by atoms with Crippen LogP contribution in [0.15, 0.2) is 57.8 Å². The van der Waals surface area contributed by atoms with Crippen LogP contribution in [-0.4, -0.2) is 39.8 Å². The highest BCUT2D eigenvalue weighted by molar-refractivity contribution is 7.90. The van der Waals surface area contributed by atoms with Gasteiger partial charge in [-0.05, 0) is 30.3 Å². The molecule has 3 aromatic rings. The Hall–Kier alpha value is -2.49. The quantitative estimate of drug-likeness (QED) is 0.587. The van der Waals surface area contributed by atoms with Gasteiger partial charge in [0.2, 0.25) is 4.80 Å². The molecule has 0 bridgehead atoms. The second-order valence-corrected chi connectivity index (χ2v) is 8.20. The molecule has 0 fully saturated rings. The van der Waals surface area contributed by atoms with Crippen LogP contribution in [0.25, 0.3) is 10.2 Å². The predicted molar refractivity (Wildman–Crippen MR) is 102 cm³/mol. The lowest BCUT2D eigenvalue weighted by atomic mass is 10.2. The number of hydrogen-bond donors (Lipinski definition) is 0. The monoisotopic (exact) mass is 406 g/mol. The Labute approximate surface area is 160 Å². The van der Waals surface area contributed by atoms with Gasteiger partial charge in [-0.25, -0.2) is 4.79 Å². The largest absolute Gasteiger partial charge is 0.465 e. The number of aromatic nitrogens is 1. The van der Waals surface area contributed by atoms with Crippen LogP contribution in [0.1, 0.15) is 10.4 Å². The van der Waals surface area contributed by atoms with Crippen molar-refractivity contribution in [2.24, 2.45) is 4.40 Å². The standard InChI is InChI=1S/C18H18N2O5S2/c1-24-11-10-20-15-9-8-13(17(21)25-2)12-16(15)26-18(20)19-27(22,23)14-6-4-3-5-7-14/h3-9,12H,10-11H2,1-2H3. The van der Waals surface area contributed by atoms with Gasteiger partial charge in [0.05, 0.1) is 34.4 Å². The molecule has 0 saturated carbocycles. The average molecular weight is 406 g/mol. The van der Waals surface area contributed by atoms with Crippen LogP contribution in [-0.2, 0) is 26.0 Å². The smallest absolute Gasteiger partial charge is 0.337 e. The molecule has 9 heteroatoms. The van der Waals surface area contributed by atoms with Gasteiger partial charge in [0.1, 0.15) is 0 Å². The molecular formula is C18H18N2O5S2. The van der Waals surface area contributed by atoms with Crippen LogP contribution in [0.3, 0.4) is 0 Å². The number of esters is 1. The molecule has 0 aliphatic heterocycles. The van der Waals surface area contributed by atoms with Crippen LogP contribution in [0.2, 0.25) is 0 Å². The molecule has 0 amide bonds. The Bertz CT molecular complexity index is 1130. The summed E-state index contributed by atoms with van der Waals surface area (Å²) in [6, 6.07) is 13.1. The number of nitrogens with zero attached hydrogens (tertiary/aromatic N) is 2. The SMILES string of the molecule is COCCn1c(=NS(=O)(=O)c2ccccc2)sc2cc(C(=O)OC)ccc21. The third-order valence-corrected chi connectivity index (χ3v) is 6.30. The van der Waals surface area contributed by atoms with Gasteiger partial charge in [-0.3, -0.25) is 0 Å². The number of carbonyl (C=O) groups excluding carboxylic acids is 1. The highest BCUT2D eigenvalue weighted by Gasteiger charge is 2.15. The van der Waals surface area contributed by atoms with E-state index in [1.807, 2.05) is 0 Å². The van der Waals surface area contributed by atoms with Gasteiger partial charge >= 0.3 is 5.97 Å². The Morgan fingerprint density at radius 3 is 2.56 bits per heavy atom. The third-order valence-electron chi connectivity index (χ3n) is 3.86. The first kappa shape index (κ1) is 19.3. The highest BCUT2D eigenvalue weighted by atomic mass is 32.2. The van der Waals surface area contributed by atoms with Crippen molar-refractivity contribution in [3.8, 4) is 0 Å². The second kappa shape index (κ2) is 8.03. The van der Waals surface area contributed by atoms with E-state index in [4.69, 9.17) is 9.47 Å². The molecule has 1 heterocycles. The number of hydrogen-bond acceptors (Lipinski definition) is 6. The zero-order valence-corrected chi connectivity index (χ0v) is 16.4. The number of fused-ring (bicyclic) bond motifs is 1. The van der Waals surface area contributed by atoms with Crippen molar-refractivity contribution in [2.45, 2.75) is 11.4 Å². The topological polar surface area (TPSA) is 87.0 Å². The van der Waals surface area contributed by atoms with Crippen molar-refractivity contribution < 1.29 is 22.7 Å². The van der Waals surface area contributed by atoms with E-state index in [0.717, 1.165) is 10.2 Å². The maximum atomic E-state index is 12.6. The molecular weight excluding hydrogens is 388 g/mol. The minimum absolute atomic E-state index is 0.121. The van der Waals surface area contributed by atoms with Crippen molar-refractivity contribution in [2.75, 3.05) is 20.8 Å². The van der Waals surface area contributed by atoms with E-state index in [-0.39, 0.29) is 4.90 Å². The van der Waals surface area contributed by atoms with Gasteiger partial charge in [-0.2, -0.15) is 8.42 Å². The summed E-state index contributed by atoms with van der Waals surface area (Å²) in [4.78, 5) is 12.2. The molecule has 27 heavy (non-hydrogen) atoms. The van der Waals surface area contributed by atoms with Crippen molar-refractivity contribution in [1.29, 1.82) is 0 Å². The Morgan fingerprint density at radius 2 is 1.89 bits per heavy atom. The number of thiazole rings is 1. The third kappa shape index (κ3) is 4.10. The number of ether oxygens (including phenoxy) is 2. The first-order chi connectivity index (χ1) is 13.0. The lowest BCUT2D eigenvalue weighted by Crippen LogP contribution is -2.19. The fourth-order valence-corrected chi connectivity index (χ4v) is 4.85. The number of rotatable bonds is 6. The Kier molecular flexibility index (Phi) is 5.73. The summed E-state index contributed by atoms with van der Waals surface area (Å²) in [5.41, 5.74) is 1.16. The van der Waals surface area contributed by atoms with Crippen molar-refractivity contribution in [3.05, 3.63) is 58.9 Å². The first-order valence-electron chi connectivity index (χ1n) is 8.03. The Balaban J connectivity index is 2.20. The van der Waals surface area contributed by atoms with Gasteiger partial charge in [0.25, 0.3) is 10.0 Å². The molecule has 3 rings (SSSR count). The van der Waals surface area contributed by atoms with Gasteiger partial charge < -0.3 is 14.0 Å². The van der Waals surface area contributed by atoms with Gasteiger partial charge in [0.15, 0.2) is 0 Å². The van der Waals surface area contributed by atoms with Crippen LogP contribution in [0.5, 0.6) is 0 Å². The van der Waals surface area contributed by atoms with Crippen molar-refractivity contribution in [1.82, 2.24) is 4.57 Å². The van der Waals surface area contributed by atoms with Crippen molar-refractivity contribution >= 4 is 37.5 Å². The van der Waals surface area contributed by atoms with Crippen LogP contribution >= 0.6 is 11.3 Å². The second-order valence-electron chi connectivity index (χ2n) is 5.58. The minimum atomic E-state index is -3.86. The molecule has 0 atom stereocenters. The number of benzene rings is 2. The molecule has 142 valence electrons. The molecule has 1 aromatic heterocycles. The van der Waals surface area contributed by atoms with E-state index in [1.54, 1.807) is 48.1 Å². The fraction of sp³-hybridized carbons (Fsp3) is 0.222. The molecule has 0 N–H and O–H groups in total. The van der Waals surface area contributed by atoms with E-state index in [0.29, 0.717) is 23.5 Å². The highest BCUT2D eigenvalue weighted by Crippen LogP contribution is 2.21. The van der Waals surface area contributed by atoms with E-state index in [2.05, 4.69) is 4.40 Å². The summed E-state index contributed by atoms with van der Waals surface area (Å²) in [7, 11) is -0.974. The number of carbonyl (C=O) groups is 1. The zero-order chi connectivity index (χ0) is 19.4. The fourth-order valence-electron chi connectivity index (χ4n) is 2.53. The summed E-state index contributed by atoms with van der Waals surface area (Å²) in [6.45, 7) is 0.820. The van der Waals surface area contributed by atoms with E-state index >= 15 is 0 Å². The molecule has 0 saturated heterocycles. The van der Waals surface area contributed by atoms with Crippen LogP contribution < -0.4 is 4.80 Å². The lowest BCUT2D eigenvalue weighted by Gasteiger charge is -2.05. The lowest BCUT2D eigenvalue weighted by molar-refractivity contribution is 0.0601. The zero-order valence-electron chi connectivity index (χ0n) is 14.8. The summed E-state index contributed by atoms with van der Waals surface area (Å²) < 4.78 is 41.7. The maximum Gasteiger partial charge on any atom is 0.337 e. The minimum Gasteiger partial charge on any atom is -0.465 e. The summed E-state index contributed by atoms with van der Waals surface area (Å²) in [5, 5.41) is 0.